The molecule has 0 bridgehead atoms. The topological polar surface area (TPSA) is 136 Å². The van der Waals surface area contributed by atoms with Crippen LogP contribution in [0.2, 0.25) is 0 Å². The number of benzene rings is 3. The van der Waals surface area contributed by atoms with E-state index in [1.807, 2.05) is 0 Å². The average molecular weight is 542 g/mol. The number of halogens is 2. The lowest BCUT2D eigenvalue weighted by Crippen LogP contribution is -2.18. The number of aromatic nitrogens is 2. The van der Waals surface area contributed by atoms with Crippen molar-refractivity contribution in [1.29, 1.82) is 0 Å². The predicted molar refractivity (Wildman–Crippen MR) is 144 cm³/mol. The Kier molecular flexibility index (Phi) is 7.72. The van der Waals surface area contributed by atoms with Crippen LogP contribution in [-0.2, 0) is 14.8 Å². The van der Waals surface area contributed by atoms with Crippen molar-refractivity contribution in [3.8, 4) is 28.3 Å². The predicted octanol–water partition coefficient (Wildman–Crippen LogP) is 4.75. The van der Waals surface area contributed by atoms with Crippen molar-refractivity contribution in [1.82, 2.24) is 9.97 Å². The lowest BCUT2D eigenvalue weighted by Gasteiger charge is -2.14. The van der Waals surface area contributed by atoms with E-state index < -0.39 is 28.3 Å². The Balaban J connectivity index is 1.75. The van der Waals surface area contributed by atoms with Crippen molar-refractivity contribution in [3.63, 3.8) is 0 Å². The molecule has 1 aromatic heterocycles. The van der Waals surface area contributed by atoms with Crippen LogP contribution in [0.1, 0.15) is 13.3 Å². The molecule has 3 aromatic carbocycles. The van der Waals surface area contributed by atoms with Crippen LogP contribution in [0.25, 0.3) is 33.4 Å². The van der Waals surface area contributed by atoms with Crippen molar-refractivity contribution in [2.75, 3.05) is 35.3 Å². The number of hydrogen-bond donors (Lipinski definition) is 3. The Morgan fingerprint density at radius 1 is 1.08 bits per heavy atom. The Hall–Kier alpha value is -4.32. The number of methoxy groups -OCH3 is 1. The van der Waals surface area contributed by atoms with E-state index in [0.717, 1.165) is 0 Å². The van der Waals surface area contributed by atoms with Gasteiger partial charge in [0.2, 0.25) is 15.9 Å². The number of ether oxygens (including phenoxy) is 1. The van der Waals surface area contributed by atoms with E-state index in [-0.39, 0.29) is 29.4 Å². The number of carbonyl (C=O) groups is 1. The molecule has 0 fully saturated rings. The molecule has 12 heteroatoms. The first-order valence-electron chi connectivity index (χ1n) is 11.5. The molecule has 4 rings (SSSR count). The number of nitrogens with two attached hydrogens (primary N) is 1. The second-order valence-corrected chi connectivity index (χ2v) is 10.2. The highest BCUT2D eigenvalue weighted by molar-refractivity contribution is 7.92. The monoisotopic (exact) mass is 541 g/mol. The van der Waals surface area contributed by atoms with Gasteiger partial charge in [0.1, 0.15) is 17.1 Å². The van der Waals surface area contributed by atoms with Gasteiger partial charge in [-0.25, -0.2) is 22.8 Å². The first kappa shape index (κ1) is 26.7. The molecule has 4 N–H and O–H groups in total. The minimum absolute atomic E-state index is 0.0907. The third kappa shape index (κ3) is 5.80. The van der Waals surface area contributed by atoms with E-state index in [1.165, 1.54) is 32.2 Å². The molecule has 0 spiro atoms. The van der Waals surface area contributed by atoms with E-state index in [2.05, 4.69) is 20.0 Å². The van der Waals surface area contributed by atoms with Crippen molar-refractivity contribution < 1.29 is 26.7 Å². The van der Waals surface area contributed by atoms with E-state index in [9.17, 15) is 17.6 Å². The summed E-state index contributed by atoms with van der Waals surface area (Å²) in [5, 5.41) is 3.09. The Labute approximate surface area is 218 Å². The molecular weight excluding hydrogens is 516 g/mol. The molecule has 1 heterocycles. The smallest absolute Gasteiger partial charge is 0.232 e. The molecule has 0 unspecified atom stereocenters. The first-order chi connectivity index (χ1) is 18.1. The zero-order valence-corrected chi connectivity index (χ0v) is 21.4. The SMILES string of the molecule is COc1cc(-c2cccc(NS(=O)(=O)CCCF)c2F)cc2c(N)nc(-c3ccc(NC(C)=O)cc3)nc12. The van der Waals surface area contributed by atoms with E-state index in [1.54, 1.807) is 36.4 Å². The Morgan fingerprint density at radius 2 is 1.82 bits per heavy atom. The minimum Gasteiger partial charge on any atom is -0.494 e. The number of rotatable bonds is 9. The molecular formula is C26H25F2N5O4S. The van der Waals surface area contributed by atoms with E-state index in [0.29, 0.717) is 39.3 Å². The van der Waals surface area contributed by atoms with Crippen molar-refractivity contribution in [3.05, 3.63) is 60.4 Å². The molecule has 0 aliphatic rings. The fourth-order valence-electron chi connectivity index (χ4n) is 3.87. The first-order valence-corrected chi connectivity index (χ1v) is 13.2. The van der Waals surface area contributed by atoms with Crippen molar-refractivity contribution in [2.45, 2.75) is 13.3 Å². The highest BCUT2D eigenvalue weighted by Crippen LogP contribution is 2.37. The number of carbonyl (C=O) groups excluding carboxylic acids is 1. The lowest BCUT2D eigenvalue weighted by molar-refractivity contribution is -0.114. The van der Waals surface area contributed by atoms with Crippen LogP contribution in [0.4, 0.5) is 26.0 Å². The molecule has 0 aliphatic heterocycles. The number of hydrogen-bond acceptors (Lipinski definition) is 7. The zero-order chi connectivity index (χ0) is 27.4. The van der Waals surface area contributed by atoms with E-state index in [4.69, 9.17) is 10.5 Å². The third-order valence-corrected chi connectivity index (χ3v) is 6.96. The standard InChI is InChI=1S/C26H25F2N5O4S/c1-15(34)30-18-9-7-16(8-10-18)26-31-24-20(25(29)32-26)13-17(14-22(24)37-2)19-5-3-6-21(23(19)28)33-38(35,36)12-4-11-27/h3,5-10,13-14,33H,4,11-12H2,1-2H3,(H,30,34)(H2,29,31,32). The molecule has 198 valence electrons. The van der Waals surface area contributed by atoms with Gasteiger partial charge in [-0.1, -0.05) is 12.1 Å². The fraction of sp³-hybridized carbons (Fsp3) is 0.192. The van der Waals surface area contributed by atoms with Crippen LogP contribution in [0.15, 0.2) is 54.6 Å². The third-order valence-electron chi connectivity index (χ3n) is 5.60. The minimum atomic E-state index is -3.93. The highest BCUT2D eigenvalue weighted by Gasteiger charge is 2.19. The molecule has 0 radical (unpaired) electrons. The molecule has 0 saturated heterocycles. The molecule has 4 aromatic rings. The number of fused-ring (bicyclic) bond motifs is 1. The Bertz CT molecular complexity index is 1610. The van der Waals surface area contributed by atoms with Gasteiger partial charge in [0.15, 0.2) is 11.6 Å². The van der Waals surface area contributed by atoms with Crippen LogP contribution in [-0.4, -0.2) is 43.8 Å². The maximum atomic E-state index is 15.4. The quantitative estimate of drug-likeness (QED) is 0.278. The molecule has 0 atom stereocenters. The Morgan fingerprint density at radius 3 is 2.47 bits per heavy atom. The second-order valence-electron chi connectivity index (χ2n) is 8.40. The summed E-state index contributed by atoms with van der Waals surface area (Å²) in [5.41, 5.74) is 8.13. The highest BCUT2D eigenvalue weighted by atomic mass is 32.2. The van der Waals surface area contributed by atoms with Crippen LogP contribution in [0, 0.1) is 5.82 Å². The normalized spacial score (nSPS) is 11.4. The molecule has 1 amide bonds. The number of sulfonamides is 1. The van der Waals surface area contributed by atoms with Gasteiger partial charge >= 0.3 is 0 Å². The summed E-state index contributed by atoms with van der Waals surface area (Å²) in [6.07, 6.45) is -0.195. The van der Waals surface area contributed by atoms with Gasteiger partial charge in [0, 0.05) is 29.1 Å². The molecule has 38 heavy (non-hydrogen) atoms. The maximum absolute atomic E-state index is 15.4. The van der Waals surface area contributed by atoms with Crippen molar-refractivity contribution in [2.24, 2.45) is 0 Å². The number of alkyl halides is 1. The van der Waals surface area contributed by atoms with Gasteiger partial charge < -0.3 is 15.8 Å². The van der Waals surface area contributed by atoms with Crippen molar-refractivity contribution >= 4 is 44.0 Å². The van der Waals surface area contributed by atoms with Gasteiger partial charge in [-0.2, -0.15) is 0 Å². The van der Waals surface area contributed by atoms with Crippen LogP contribution in [0.3, 0.4) is 0 Å². The van der Waals surface area contributed by atoms with Gasteiger partial charge in [-0.05, 0) is 54.4 Å². The number of amides is 1. The molecule has 0 aliphatic carbocycles. The number of nitrogens with one attached hydrogen (secondary N) is 2. The van der Waals surface area contributed by atoms with Crippen LogP contribution >= 0.6 is 0 Å². The fourth-order valence-corrected chi connectivity index (χ4v) is 4.95. The van der Waals surface area contributed by atoms with Gasteiger partial charge in [0.05, 0.1) is 25.2 Å². The zero-order valence-electron chi connectivity index (χ0n) is 20.6. The average Bonchev–Trinajstić information content (AvgIpc) is 2.88. The van der Waals surface area contributed by atoms with Gasteiger partial charge in [0.25, 0.3) is 0 Å². The summed E-state index contributed by atoms with van der Waals surface area (Å²) in [4.78, 5) is 20.3. The summed E-state index contributed by atoms with van der Waals surface area (Å²) < 4.78 is 59.9. The van der Waals surface area contributed by atoms with Gasteiger partial charge in [-0.15, -0.1) is 0 Å². The van der Waals surface area contributed by atoms with Crippen LogP contribution < -0.4 is 20.5 Å². The van der Waals surface area contributed by atoms with Gasteiger partial charge in [-0.3, -0.25) is 13.9 Å². The summed E-state index contributed by atoms with van der Waals surface area (Å²) >= 11 is 0. The van der Waals surface area contributed by atoms with Crippen LogP contribution in [0.5, 0.6) is 5.75 Å². The summed E-state index contributed by atoms with van der Waals surface area (Å²) in [6.45, 7) is 0.616. The summed E-state index contributed by atoms with van der Waals surface area (Å²) in [5.74, 6) is -0.723. The number of anilines is 3. The maximum Gasteiger partial charge on any atom is 0.232 e. The lowest BCUT2D eigenvalue weighted by atomic mass is 10.0. The summed E-state index contributed by atoms with van der Waals surface area (Å²) in [7, 11) is -2.49. The molecule has 0 saturated carbocycles. The van der Waals surface area contributed by atoms with E-state index >= 15 is 4.39 Å². The number of nitrogen functional groups attached to an aromatic ring is 1. The molecule has 9 nitrogen and oxygen atoms in total. The largest absolute Gasteiger partial charge is 0.494 e. The summed E-state index contributed by atoms with van der Waals surface area (Å²) in [6, 6.07) is 14.3. The second kappa shape index (κ2) is 11.0. The number of nitrogens with zero attached hydrogens (tertiary/aromatic N) is 2.